The van der Waals surface area contributed by atoms with E-state index in [2.05, 4.69) is 22.0 Å². The van der Waals surface area contributed by atoms with E-state index in [0.717, 1.165) is 54.6 Å². The Kier molecular flexibility index (Phi) is 6.50. The van der Waals surface area contributed by atoms with E-state index >= 15 is 0 Å². The Morgan fingerprint density at radius 3 is 2.76 bits per heavy atom. The highest BCUT2D eigenvalue weighted by atomic mass is 35.5. The number of carbonyl (C=O) groups excluding carboxylic acids is 1. The fourth-order valence-electron chi connectivity index (χ4n) is 4.81. The smallest absolute Gasteiger partial charge is 0.227 e. The van der Waals surface area contributed by atoms with Crippen LogP contribution in [-0.4, -0.2) is 40.9 Å². The number of benzene rings is 1. The molecule has 5 rings (SSSR count). The second kappa shape index (κ2) is 9.71. The van der Waals surface area contributed by atoms with Crippen LogP contribution in [0.2, 0.25) is 5.02 Å². The standard InChI is InChI=1S/C28H27ClN2O3/c29-23-10-8-22(9-11-23)28(33)12-16-31(17-13-28)15-3-5-20-18-25-21(19-32)4-1-7-26(25)34-27-24(20)6-2-14-30-27/h1-2,4-11,14,18-19,21,33H,3,12-13,15-17H2. The van der Waals surface area contributed by atoms with Crippen molar-refractivity contribution in [2.45, 2.75) is 24.9 Å². The number of aliphatic hydroxyl groups is 1. The van der Waals surface area contributed by atoms with Crippen molar-refractivity contribution in [3.63, 3.8) is 0 Å². The van der Waals surface area contributed by atoms with E-state index in [0.29, 0.717) is 29.5 Å². The highest BCUT2D eigenvalue weighted by molar-refractivity contribution is 6.30. The van der Waals surface area contributed by atoms with Gasteiger partial charge in [-0.15, -0.1) is 0 Å². The molecule has 0 amide bonds. The molecule has 3 aliphatic rings. The van der Waals surface area contributed by atoms with Gasteiger partial charge >= 0.3 is 0 Å². The second-order valence-electron chi connectivity index (χ2n) is 8.96. The molecule has 6 heteroatoms. The lowest BCUT2D eigenvalue weighted by Gasteiger charge is -2.38. The molecule has 1 aliphatic carbocycles. The van der Waals surface area contributed by atoms with Gasteiger partial charge < -0.3 is 19.5 Å². The van der Waals surface area contributed by atoms with Crippen LogP contribution in [0.5, 0.6) is 5.88 Å². The predicted molar refractivity (Wildman–Crippen MR) is 133 cm³/mol. The highest BCUT2D eigenvalue weighted by Crippen LogP contribution is 2.37. The van der Waals surface area contributed by atoms with Gasteiger partial charge in [0.1, 0.15) is 12.0 Å². The van der Waals surface area contributed by atoms with Gasteiger partial charge in [-0.1, -0.05) is 42.0 Å². The molecule has 1 fully saturated rings. The molecule has 1 aromatic carbocycles. The first-order valence-electron chi connectivity index (χ1n) is 11.7. The number of hydrogen-bond donors (Lipinski definition) is 1. The van der Waals surface area contributed by atoms with Gasteiger partial charge in [-0.25, -0.2) is 4.98 Å². The molecule has 1 N–H and O–H groups in total. The molecule has 5 nitrogen and oxygen atoms in total. The number of fused-ring (bicyclic) bond motifs is 2. The number of nitrogens with zero attached hydrogens (tertiary/aromatic N) is 2. The Morgan fingerprint density at radius 1 is 1.21 bits per heavy atom. The van der Waals surface area contributed by atoms with Gasteiger partial charge in [-0.2, -0.15) is 0 Å². The van der Waals surface area contributed by atoms with Gasteiger partial charge in [0.05, 0.1) is 11.5 Å². The Labute approximate surface area is 204 Å². The molecule has 1 saturated heterocycles. The highest BCUT2D eigenvalue weighted by Gasteiger charge is 2.33. The first kappa shape index (κ1) is 22.8. The number of pyridine rings is 1. The fraction of sp³-hybridized carbons (Fsp3) is 0.286. The van der Waals surface area contributed by atoms with E-state index in [1.165, 1.54) is 0 Å². The van der Waals surface area contributed by atoms with E-state index < -0.39 is 5.60 Å². The first-order valence-corrected chi connectivity index (χ1v) is 12.0. The van der Waals surface area contributed by atoms with E-state index in [1.807, 2.05) is 54.6 Å². The summed E-state index contributed by atoms with van der Waals surface area (Å²) < 4.78 is 6.08. The van der Waals surface area contributed by atoms with Crippen LogP contribution in [0.4, 0.5) is 0 Å². The zero-order valence-electron chi connectivity index (χ0n) is 18.9. The van der Waals surface area contributed by atoms with Gasteiger partial charge in [0.2, 0.25) is 5.88 Å². The van der Waals surface area contributed by atoms with Gasteiger partial charge in [0.25, 0.3) is 0 Å². The third-order valence-electron chi connectivity index (χ3n) is 6.83. The molecule has 2 aliphatic heterocycles. The molecule has 1 unspecified atom stereocenters. The zero-order valence-corrected chi connectivity index (χ0v) is 19.6. The molecular formula is C28H27ClN2O3. The van der Waals surface area contributed by atoms with Crippen LogP contribution >= 0.6 is 11.6 Å². The molecule has 0 spiro atoms. The van der Waals surface area contributed by atoms with Gasteiger partial charge in [-0.3, -0.25) is 0 Å². The van der Waals surface area contributed by atoms with Crippen molar-refractivity contribution in [1.29, 1.82) is 0 Å². The Hall–Kier alpha value is -2.99. The maximum absolute atomic E-state index is 11.7. The summed E-state index contributed by atoms with van der Waals surface area (Å²) in [5.41, 5.74) is 2.92. The summed E-state index contributed by atoms with van der Waals surface area (Å²) in [5.74, 6) is 0.892. The predicted octanol–water partition coefficient (Wildman–Crippen LogP) is 5.08. The van der Waals surface area contributed by atoms with Crippen LogP contribution < -0.4 is 4.74 Å². The summed E-state index contributed by atoms with van der Waals surface area (Å²) >= 11 is 6.00. The fourth-order valence-corrected chi connectivity index (χ4v) is 4.94. The number of allylic oxidation sites excluding steroid dienone is 6. The molecule has 0 radical (unpaired) electrons. The number of rotatable bonds is 5. The number of piperidine rings is 1. The lowest BCUT2D eigenvalue weighted by molar-refractivity contribution is -0.109. The monoisotopic (exact) mass is 474 g/mol. The third-order valence-corrected chi connectivity index (χ3v) is 7.08. The quantitative estimate of drug-likeness (QED) is 0.612. The Balaban J connectivity index is 1.29. The number of aldehydes is 1. The maximum Gasteiger partial charge on any atom is 0.227 e. The van der Waals surface area contributed by atoms with Crippen LogP contribution in [0, 0.1) is 5.92 Å². The van der Waals surface area contributed by atoms with E-state index in [-0.39, 0.29) is 5.92 Å². The van der Waals surface area contributed by atoms with Crippen LogP contribution in [0.1, 0.15) is 30.4 Å². The van der Waals surface area contributed by atoms with Crippen molar-refractivity contribution < 1.29 is 14.6 Å². The summed E-state index contributed by atoms with van der Waals surface area (Å²) in [6.45, 7) is 2.55. The molecule has 1 atom stereocenters. The SMILES string of the molecule is O=CC1C=CC=C2Oc3ncccc3C(=CCCN3CCC(O)(c4ccc(Cl)cc4)CC3)C=C21. The topological polar surface area (TPSA) is 62.7 Å². The molecule has 0 bridgehead atoms. The van der Waals surface area contributed by atoms with Gasteiger partial charge in [-0.05, 0) is 66.8 Å². The average Bonchev–Trinajstić information content (AvgIpc) is 3.02. The number of aromatic nitrogens is 1. The average molecular weight is 475 g/mol. The minimum atomic E-state index is -0.797. The summed E-state index contributed by atoms with van der Waals surface area (Å²) in [4.78, 5) is 18.5. The summed E-state index contributed by atoms with van der Waals surface area (Å²) in [5, 5.41) is 11.8. The van der Waals surface area contributed by atoms with Crippen molar-refractivity contribution in [2.75, 3.05) is 19.6 Å². The van der Waals surface area contributed by atoms with Crippen LogP contribution in [0.3, 0.4) is 0 Å². The molecule has 1 aromatic heterocycles. The van der Waals surface area contributed by atoms with Crippen LogP contribution in [-0.2, 0) is 10.4 Å². The Bertz CT molecular complexity index is 1190. The summed E-state index contributed by atoms with van der Waals surface area (Å²) in [6, 6.07) is 11.4. The maximum atomic E-state index is 11.7. The lowest BCUT2D eigenvalue weighted by Crippen LogP contribution is -2.42. The van der Waals surface area contributed by atoms with E-state index in [9.17, 15) is 9.90 Å². The van der Waals surface area contributed by atoms with Crippen molar-refractivity contribution in [2.24, 2.45) is 5.92 Å². The minimum absolute atomic E-state index is 0.328. The minimum Gasteiger partial charge on any atom is -0.438 e. The number of likely N-dealkylation sites (tertiary alicyclic amines) is 1. The third kappa shape index (κ3) is 4.64. The van der Waals surface area contributed by atoms with Crippen molar-refractivity contribution in [3.05, 3.63) is 100 Å². The molecular weight excluding hydrogens is 448 g/mol. The number of carbonyl (C=O) groups is 1. The number of ether oxygens (including phenoxy) is 1. The van der Waals surface area contributed by atoms with Crippen molar-refractivity contribution in [1.82, 2.24) is 9.88 Å². The van der Waals surface area contributed by atoms with Gasteiger partial charge in [0.15, 0.2) is 0 Å². The van der Waals surface area contributed by atoms with Gasteiger partial charge in [0, 0.05) is 42.0 Å². The largest absolute Gasteiger partial charge is 0.438 e. The van der Waals surface area contributed by atoms with Crippen molar-refractivity contribution >= 4 is 23.5 Å². The first-order chi connectivity index (χ1) is 16.6. The normalized spacial score (nSPS) is 22.6. The molecule has 2 aromatic rings. The van der Waals surface area contributed by atoms with E-state index in [1.54, 1.807) is 6.20 Å². The molecule has 0 saturated carbocycles. The summed E-state index contributed by atoms with van der Waals surface area (Å²) in [7, 11) is 0. The Morgan fingerprint density at radius 2 is 2.00 bits per heavy atom. The number of hydrogen-bond acceptors (Lipinski definition) is 5. The van der Waals surface area contributed by atoms with Crippen LogP contribution in [0.25, 0.3) is 5.57 Å². The second-order valence-corrected chi connectivity index (χ2v) is 9.40. The number of halogens is 1. The van der Waals surface area contributed by atoms with Crippen molar-refractivity contribution in [3.8, 4) is 5.88 Å². The molecule has 174 valence electrons. The zero-order chi connectivity index (χ0) is 23.5. The van der Waals surface area contributed by atoms with Crippen LogP contribution in [0.15, 0.2) is 84.3 Å². The van der Waals surface area contributed by atoms with E-state index in [4.69, 9.17) is 16.3 Å². The molecule has 3 heterocycles. The summed E-state index contributed by atoms with van der Waals surface area (Å²) in [6.07, 6.45) is 14.7. The molecule has 34 heavy (non-hydrogen) atoms. The lowest BCUT2D eigenvalue weighted by atomic mass is 9.84.